The number of nitrogens with one attached hydrogen (secondary N) is 1. The van der Waals surface area contributed by atoms with Gasteiger partial charge in [-0.3, -0.25) is 4.79 Å². The molecule has 5 heteroatoms. The van der Waals surface area contributed by atoms with Crippen LogP contribution in [0, 0.1) is 17.8 Å². The van der Waals surface area contributed by atoms with Gasteiger partial charge < -0.3 is 11.1 Å². The van der Waals surface area contributed by atoms with Gasteiger partial charge in [0.25, 0.3) is 0 Å². The Bertz CT molecular complexity index is 497. The average Bonchev–Trinajstić information content (AvgIpc) is 3.11. The lowest BCUT2D eigenvalue weighted by Gasteiger charge is -2.26. The zero-order valence-corrected chi connectivity index (χ0v) is 13.0. The predicted molar refractivity (Wildman–Crippen MR) is 80.3 cm³/mol. The molecule has 2 aliphatic carbocycles. The molecule has 4 nitrogen and oxygen atoms in total. The van der Waals surface area contributed by atoms with Gasteiger partial charge in [-0.1, -0.05) is 13.8 Å². The molecule has 20 heavy (non-hydrogen) atoms. The van der Waals surface area contributed by atoms with Crippen molar-refractivity contribution in [2.24, 2.45) is 23.5 Å². The minimum absolute atomic E-state index is 0.0262. The molecule has 1 heterocycles. The molecule has 0 saturated heterocycles. The van der Waals surface area contributed by atoms with Crippen molar-refractivity contribution in [3.8, 4) is 0 Å². The summed E-state index contributed by atoms with van der Waals surface area (Å²) in [5.41, 5.74) is 7.31. The molecule has 0 aliphatic heterocycles. The number of rotatable bonds is 4. The van der Waals surface area contributed by atoms with Crippen LogP contribution in [-0.2, 0) is 11.3 Å². The normalized spacial score (nSPS) is 32.0. The van der Waals surface area contributed by atoms with Gasteiger partial charge in [0.2, 0.25) is 5.91 Å². The van der Waals surface area contributed by atoms with Gasteiger partial charge in [0.15, 0.2) is 0 Å². The lowest BCUT2D eigenvalue weighted by molar-refractivity contribution is -0.127. The highest BCUT2D eigenvalue weighted by Gasteiger charge is 2.48. The van der Waals surface area contributed by atoms with Crippen molar-refractivity contribution in [3.05, 3.63) is 16.1 Å². The Hall–Kier alpha value is -0.940. The summed E-state index contributed by atoms with van der Waals surface area (Å²) in [6, 6.07) is 0.0660. The average molecular weight is 293 g/mol. The molecule has 4 atom stereocenters. The summed E-state index contributed by atoms with van der Waals surface area (Å²) in [5.74, 6) is 1.68. The van der Waals surface area contributed by atoms with E-state index in [0.717, 1.165) is 17.1 Å². The fraction of sp³-hybridized carbons (Fsp3) is 0.733. The molecule has 2 saturated carbocycles. The van der Waals surface area contributed by atoms with E-state index in [1.54, 1.807) is 11.3 Å². The number of thiazole rings is 1. The van der Waals surface area contributed by atoms with E-state index in [-0.39, 0.29) is 17.9 Å². The van der Waals surface area contributed by atoms with Gasteiger partial charge in [-0.15, -0.1) is 11.3 Å². The largest absolute Gasteiger partial charge is 0.349 e. The molecule has 2 bridgehead atoms. The first kappa shape index (κ1) is 14.0. The second-order valence-electron chi connectivity index (χ2n) is 6.47. The van der Waals surface area contributed by atoms with E-state index in [4.69, 9.17) is 5.73 Å². The number of hydrogen-bond acceptors (Lipinski definition) is 4. The topological polar surface area (TPSA) is 68.0 Å². The summed E-state index contributed by atoms with van der Waals surface area (Å²) >= 11 is 1.62. The summed E-state index contributed by atoms with van der Waals surface area (Å²) in [6.07, 6.45) is 3.53. The molecule has 3 N–H and O–H groups in total. The molecular weight excluding hydrogens is 270 g/mol. The first-order valence-electron chi connectivity index (χ1n) is 7.54. The van der Waals surface area contributed by atoms with Crippen molar-refractivity contribution in [2.45, 2.75) is 51.6 Å². The van der Waals surface area contributed by atoms with Crippen LogP contribution in [0.25, 0.3) is 0 Å². The first-order chi connectivity index (χ1) is 9.56. The molecule has 4 unspecified atom stereocenters. The molecule has 110 valence electrons. The van der Waals surface area contributed by atoms with E-state index >= 15 is 0 Å². The molecule has 2 aliphatic rings. The number of aromatic nitrogens is 1. The Balaban J connectivity index is 1.57. The van der Waals surface area contributed by atoms with E-state index in [1.807, 2.05) is 0 Å². The quantitative estimate of drug-likeness (QED) is 0.894. The zero-order chi connectivity index (χ0) is 14.3. The third-order valence-electron chi connectivity index (χ3n) is 4.86. The van der Waals surface area contributed by atoms with Crippen LogP contribution in [0.1, 0.15) is 49.7 Å². The fourth-order valence-electron chi connectivity index (χ4n) is 3.68. The van der Waals surface area contributed by atoms with Crippen LogP contribution in [0.5, 0.6) is 0 Å². The lowest BCUT2D eigenvalue weighted by atomic mass is 9.84. The third kappa shape index (κ3) is 2.49. The van der Waals surface area contributed by atoms with E-state index in [1.165, 1.54) is 12.8 Å². The van der Waals surface area contributed by atoms with Crippen LogP contribution in [0.15, 0.2) is 5.38 Å². The summed E-state index contributed by atoms with van der Waals surface area (Å²) < 4.78 is 0. The van der Waals surface area contributed by atoms with Gasteiger partial charge in [-0.2, -0.15) is 0 Å². The van der Waals surface area contributed by atoms with E-state index in [0.29, 0.717) is 24.3 Å². The minimum atomic E-state index is 0.0262. The SMILES string of the molecule is CC(C)c1csc(CNC(=O)C2C3CCC(C3)C2N)n1. The number of amides is 1. The van der Waals surface area contributed by atoms with Gasteiger partial charge in [-0.25, -0.2) is 4.98 Å². The van der Waals surface area contributed by atoms with Crippen LogP contribution in [0.4, 0.5) is 0 Å². The lowest BCUT2D eigenvalue weighted by Crippen LogP contribution is -2.45. The number of nitrogens with two attached hydrogens (primary N) is 1. The van der Waals surface area contributed by atoms with Crippen LogP contribution >= 0.6 is 11.3 Å². The van der Waals surface area contributed by atoms with Crippen LogP contribution < -0.4 is 11.1 Å². The highest BCUT2D eigenvalue weighted by atomic mass is 32.1. The summed E-state index contributed by atoms with van der Waals surface area (Å²) in [7, 11) is 0. The number of fused-ring (bicyclic) bond motifs is 2. The maximum atomic E-state index is 12.3. The Kier molecular flexibility index (Phi) is 3.82. The van der Waals surface area contributed by atoms with Gasteiger partial charge in [-0.05, 0) is 37.0 Å². The van der Waals surface area contributed by atoms with Crippen LogP contribution in [0.2, 0.25) is 0 Å². The second kappa shape index (κ2) is 5.45. The van der Waals surface area contributed by atoms with E-state index in [2.05, 4.69) is 29.5 Å². The van der Waals surface area contributed by atoms with Crippen molar-refractivity contribution < 1.29 is 4.79 Å². The Morgan fingerprint density at radius 1 is 1.50 bits per heavy atom. The maximum absolute atomic E-state index is 12.3. The number of hydrogen-bond donors (Lipinski definition) is 2. The zero-order valence-electron chi connectivity index (χ0n) is 12.1. The molecule has 0 spiro atoms. The van der Waals surface area contributed by atoms with Gasteiger partial charge in [0.1, 0.15) is 5.01 Å². The van der Waals surface area contributed by atoms with Crippen molar-refractivity contribution in [3.63, 3.8) is 0 Å². The maximum Gasteiger partial charge on any atom is 0.225 e. The summed E-state index contributed by atoms with van der Waals surface area (Å²) in [5, 5.41) is 6.10. The molecule has 0 radical (unpaired) electrons. The summed E-state index contributed by atoms with van der Waals surface area (Å²) in [4.78, 5) is 16.9. The van der Waals surface area contributed by atoms with Crippen LogP contribution in [0.3, 0.4) is 0 Å². The number of nitrogens with zero attached hydrogens (tertiary/aromatic N) is 1. The molecule has 1 aromatic rings. The molecule has 1 amide bonds. The van der Waals surface area contributed by atoms with Gasteiger partial charge in [0.05, 0.1) is 18.2 Å². The molecule has 2 fully saturated rings. The number of carbonyl (C=O) groups excluding carboxylic acids is 1. The Morgan fingerprint density at radius 2 is 2.25 bits per heavy atom. The predicted octanol–water partition coefficient (Wildman–Crippen LogP) is 2.26. The minimum Gasteiger partial charge on any atom is -0.349 e. The van der Waals surface area contributed by atoms with Gasteiger partial charge in [0, 0.05) is 11.4 Å². The number of carbonyl (C=O) groups is 1. The van der Waals surface area contributed by atoms with E-state index in [9.17, 15) is 4.79 Å². The second-order valence-corrected chi connectivity index (χ2v) is 7.42. The highest BCUT2D eigenvalue weighted by Crippen LogP contribution is 2.47. The van der Waals surface area contributed by atoms with Crippen molar-refractivity contribution in [1.29, 1.82) is 0 Å². The molecule has 0 aromatic carbocycles. The van der Waals surface area contributed by atoms with Gasteiger partial charge >= 0.3 is 0 Å². The Morgan fingerprint density at radius 3 is 2.85 bits per heavy atom. The third-order valence-corrected chi connectivity index (χ3v) is 5.73. The molecule has 3 rings (SSSR count). The first-order valence-corrected chi connectivity index (χ1v) is 8.41. The van der Waals surface area contributed by atoms with E-state index < -0.39 is 0 Å². The Labute approximate surface area is 124 Å². The molecule has 1 aromatic heterocycles. The molecular formula is C15H23N3OS. The highest BCUT2D eigenvalue weighted by molar-refractivity contribution is 7.09. The monoisotopic (exact) mass is 293 g/mol. The smallest absolute Gasteiger partial charge is 0.225 e. The van der Waals surface area contributed by atoms with Crippen molar-refractivity contribution in [1.82, 2.24) is 10.3 Å². The summed E-state index contributed by atoms with van der Waals surface area (Å²) in [6.45, 7) is 4.80. The van der Waals surface area contributed by atoms with Crippen molar-refractivity contribution >= 4 is 17.2 Å². The fourth-order valence-corrected chi connectivity index (χ4v) is 4.57. The standard InChI is InChI=1S/C15H23N3OS/c1-8(2)11-7-20-12(18-11)6-17-15(19)13-9-3-4-10(5-9)14(13)16/h7-10,13-14H,3-6,16H2,1-2H3,(H,17,19). The van der Waals surface area contributed by atoms with Crippen LogP contribution in [-0.4, -0.2) is 16.9 Å². The van der Waals surface area contributed by atoms with Crippen molar-refractivity contribution in [2.75, 3.05) is 0 Å².